The van der Waals surface area contributed by atoms with Gasteiger partial charge in [-0.25, -0.2) is 0 Å². The lowest BCUT2D eigenvalue weighted by atomic mass is 9.80. The highest BCUT2D eigenvalue weighted by Gasteiger charge is 2.30. The molecule has 0 aromatic carbocycles. The highest BCUT2D eigenvalue weighted by Crippen LogP contribution is 2.41. The number of aryl methyl sites for hydroxylation is 1. The molecule has 8 nitrogen and oxygen atoms in total. The van der Waals surface area contributed by atoms with Gasteiger partial charge < -0.3 is 11.5 Å². The van der Waals surface area contributed by atoms with Crippen molar-refractivity contribution in [2.75, 3.05) is 0 Å². The van der Waals surface area contributed by atoms with Crippen molar-refractivity contribution in [3.05, 3.63) is 48.9 Å². The normalized spacial score (nSPS) is 18.1. The fourth-order valence-electron chi connectivity index (χ4n) is 3.32. The molecule has 150 valence electrons. The molecular weight excluding hydrogens is 445 g/mol. The number of aromatic nitrogens is 1. The molecule has 0 aliphatic heterocycles. The Labute approximate surface area is 176 Å². The van der Waals surface area contributed by atoms with Crippen molar-refractivity contribution in [2.45, 2.75) is 31.4 Å². The molecule has 1 atom stereocenters. The predicted molar refractivity (Wildman–Crippen MR) is 112 cm³/mol. The number of fused-ring (bicyclic) bond motifs is 1. The average molecular weight is 462 g/mol. The monoisotopic (exact) mass is 461 g/mol. The van der Waals surface area contributed by atoms with E-state index in [2.05, 4.69) is 15.2 Å². The summed E-state index contributed by atoms with van der Waals surface area (Å²) in [5.74, 6) is -0.831. The van der Waals surface area contributed by atoms with Crippen LogP contribution in [-0.2, 0) is 22.3 Å². The Bertz CT molecular complexity index is 1090. The summed E-state index contributed by atoms with van der Waals surface area (Å²) in [4.78, 5) is 4.45. The summed E-state index contributed by atoms with van der Waals surface area (Å²) in [6.07, 6.45) is 1.01. The maximum atomic E-state index is 11.3. The van der Waals surface area contributed by atoms with Crippen LogP contribution in [-0.4, -0.2) is 29.6 Å². The topological polar surface area (TPSA) is 144 Å². The second kappa shape index (κ2) is 7.96. The van der Waals surface area contributed by atoms with Gasteiger partial charge in [-0.05, 0) is 48.9 Å². The van der Waals surface area contributed by atoms with Gasteiger partial charge >= 0.3 is 0 Å². The number of thiophene rings is 1. The summed E-state index contributed by atoms with van der Waals surface area (Å²) >= 11 is 13.7. The Morgan fingerprint density at radius 1 is 1.36 bits per heavy atom. The number of pyridine rings is 1. The van der Waals surface area contributed by atoms with Gasteiger partial charge in [-0.3, -0.25) is 9.54 Å². The zero-order valence-corrected chi connectivity index (χ0v) is 17.8. The van der Waals surface area contributed by atoms with E-state index in [0.29, 0.717) is 32.9 Å². The molecule has 3 rings (SSSR count). The first-order valence-electron chi connectivity index (χ1n) is 8.08. The number of nitrogens with zero attached hydrogens (tertiary/aromatic N) is 3. The maximum Gasteiger partial charge on any atom is 0.270 e. The van der Waals surface area contributed by atoms with Crippen LogP contribution in [0.5, 0.6) is 0 Å². The molecule has 1 unspecified atom stereocenters. The molecule has 0 fully saturated rings. The molecule has 0 saturated heterocycles. The Kier molecular flexibility index (Phi) is 5.97. The van der Waals surface area contributed by atoms with Crippen LogP contribution < -0.4 is 11.5 Å². The van der Waals surface area contributed by atoms with Gasteiger partial charge in [-0.15, -0.1) is 16.4 Å². The van der Waals surface area contributed by atoms with E-state index in [1.54, 1.807) is 12.1 Å². The quantitative estimate of drug-likeness (QED) is 0.276. The zero-order chi connectivity index (χ0) is 20.6. The second-order valence-corrected chi connectivity index (χ2v) is 10.2. The van der Waals surface area contributed by atoms with Gasteiger partial charge in [0.1, 0.15) is 5.75 Å². The fourth-order valence-corrected chi connectivity index (χ4v) is 5.46. The van der Waals surface area contributed by atoms with Crippen molar-refractivity contribution in [1.82, 2.24) is 4.98 Å². The van der Waals surface area contributed by atoms with Crippen molar-refractivity contribution < 1.29 is 13.0 Å². The third-order valence-electron chi connectivity index (χ3n) is 4.25. The molecule has 28 heavy (non-hydrogen) atoms. The van der Waals surface area contributed by atoms with Gasteiger partial charge in [0.15, 0.2) is 0 Å². The number of halogens is 2. The summed E-state index contributed by atoms with van der Waals surface area (Å²) in [5, 5.41) is 7.94. The second-order valence-electron chi connectivity index (χ2n) is 6.43. The van der Waals surface area contributed by atoms with Crippen molar-refractivity contribution in [3.8, 4) is 0 Å². The molecule has 0 amide bonds. The highest BCUT2D eigenvalue weighted by molar-refractivity contribution is 7.85. The van der Waals surface area contributed by atoms with Crippen LogP contribution in [0.4, 0.5) is 0 Å². The summed E-state index contributed by atoms with van der Waals surface area (Å²) < 4.78 is 32.8. The van der Waals surface area contributed by atoms with Crippen LogP contribution in [0.2, 0.25) is 8.67 Å². The molecule has 0 spiro atoms. The van der Waals surface area contributed by atoms with Crippen LogP contribution in [0.15, 0.2) is 22.3 Å². The Morgan fingerprint density at radius 2 is 2.07 bits per heavy atom. The van der Waals surface area contributed by atoms with Gasteiger partial charge in [0, 0.05) is 5.56 Å². The molecule has 5 N–H and O–H groups in total. The van der Waals surface area contributed by atoms with Crippen molar-refractivity contribution in [1.29, 1.82) is 0 Å². The highest BCUT2D eigenvalue weighted by atomic mass is 35.5. The minimum atomic E-state index is -4.21. The van der Waals surface area contributed by atoms with E-state index in [9.17, 15) is 8.42 Å². The van der Waals surface area contributed by atoms with E-state index in [-0.39, 0.29) is 17.6 Å². The lowest BCUT2D eigenvalue weighted by Crippen LogP contribution is -2.25. The van der Waals surface area contributed by atoms with Gasteiger partial charge in [-0.2, -0.15) is 13.5 Å². The Balaban J connectivity index is 2.13. The Hall–Kier alpha value is -1.72. The molecule has 0 radical (unpaired) electrons. The van der Waals surface area contributed by atoms with Crippen LogP contribution in [0.1, 0.15) is 40.4 Å². The number of rotatable bonds is 4. The summed E-state index contributed by atoms with van der Waals surface area (Å²) in [5.41, 5.74) is 14.7. The van der Waals surface area contributed by atoms with Crippen LogP contribution in [0.25, 0.3) is 0 Å². The maximum absolute atomic E-state index is 11.3. The van der Waals surface area contributed by atoms with Crippen molar-refractivity contribution in [2.24, 2.45) is 21.7 Å². The number of hydrogen-bond donors (Lipinski definition) is 3. The largest absolute Gasteiger partial charge is 0.369 e. The Morgan fingerprint density at radius 3 is 2.64 bits per heavy atom. The molecular formula is C16H17Cl2N5O3S2. The first-order chi connectivity index (χ1) is 13.0. The van der Waals surface area contributed by atoms with E-state index < -0.39 is 15.9 Å². The molecule has 2 heterocycles. The number of nitrogens with two attached hydrogens (primary N) is 2. The lowest BCUT2D eigenvalue weighted by Gasteiger charge is -2.26. The van der Waals surface area contributed by atoms with E-state index in [1.807, 2.05) is 6.92 Å². The minimum absolute atomic E-state index is 0.0791. The summed E-state index contributed by atoms with van der Waals surface area (Å²) in [6, 6.07) is 3.41. The van der Waals surface area contributed by atoms with Crippen molar-refractivity contribution >= 4 is 56.3 Å². The van der Waals surface area contributed by atoms with E-state index in [1.165, 1.54) is 11.3 Å². The van der Waals surface area contributed by atoms with Gasteiger partial charge in [-0.1, -0.05) is 23.2 Å². The summed E-state index contributed by atoms with van der Waals surface area (Å²) in [6.45, 7) is 1.81. The smallest absolute Gasteiger partial charge is 0.270 e. The van der Waals surface area contributed by atoms with Crippen LogP contribution in [0.3, 0.4) is 0 Å². The molecule has 2 aromatic heterocycles. The van der Waals surface area contributed by atoms with Gasteiger partial charge in [0.05, 0.1) is 25.8 Å². The third kappa shape index (κ3) is 4.81. The van der Waals surface area contributed by atoms with Crippen LogP contribution >= 0.6 is 34.5 Å². The predicted octanol–water partition coefficient (Wildman–Crippen LogP) is 2.85. The molecule has 2 aromatic rings. The standard InChI is InChI=1S/C16H17Cl2N5O3S2/c1-7-2-9(6-28(24,25)26)21-11-3-8(10-5-13(17)27-15(10)18)4-12(14(7)11)22-23-16(19)20/h2,5,8H,3-4,6H2,1H3,(H4,19,20,23)(H,24,25,26). The van der Waals surface area contributed by atoms with E-state index in [0.717, 1.165) is 16.7 Å². The average Bonchev–Trinajstić information content (AvgIpc) is 2.88. The molecule has 0 saturated carbocycles. The lowest BCUT2D eigenvalue weighted by molar-refractivity contribution is 0.481. The molecule has 0 bridgehead atoms. The minimum Gasteiger partial charge on any atom is -0.369 e. The molecule has 1 aliphatic rings. The SMILES string of the molecule is Cc1cc(CS(=O)(=O)O)nc2c1C(=NN=C(N)N)CC(c1cc(Cl)sc1Cl)C2. The molecule has 12 heteroatoms. The fraction of sp³-hybridized carbons (Fsp3) is 0.312. The number of guanidine groups is 1. The first kappa shape index (κ1) is 21.0. The first-order valence-corrected chi connectivity index (χ1v) is 11.3. The number of hydrogen-bond acceptors (Lipinski definition) is 6. The van der Waals surface area contributed by atoms with Crippen molar-refractivity contribution in [3.63, 3.8) is 0 Å². The van der Waals surface area contributed by atoms with E-state index in [4.69, 9.17) is 39.2 Å². The van der Waals surface area contributed by atoms with Gasteiger partial charge in [0.25, 0.3) is 10.1 Å². The molecule has 1 aliphatic carbocycles. The third-order valence-corrected chi connectivity index (χ3v) is 6.43. The zero-order valence-electron chi connectivity index (χ0n) is 14.7. The van der Waals surface area contributed by atoms with E-state index >= 15 is 0 Å². The van der Waals surface area contributed by atoms with Gasteiger partial charge in [0.2, 0.25) is 5.96 Å². The summed E-state index contributed by atoms with van der Waals surface area (Å²) in [7, 11) is -4.21. The van der Waals surface area contributed by atoms with Crippen LogP contribution in [0, 0.1) is 6.92 Å².